The number of anilines is 1. The van der Waals surface area contributed by atoms with Crippen LogP contribution < -0.4 is 4.72 Å². The Morgan fingerprint density at radius 1 is 1.20 bits per heavy atom. The lowest BCUT2D eigenvalue weighted by molar-refractivity contribution is 0.594. The third-order valence-electron chi connectivity index (χ3n) is 2.77. The lowest BCUT2D eigenvalue weighted by atomic mass is 10.2. The molecule has 0 heterocycles. The fourth-order valence-corrected chi connectivity index (χ4v) is 3.26. The van der Waals surface area contributed by atoms with Gasteiger partial charge in [-0.25, -0.2) is 12.8 Å². The first-order valence-electron chi connectivity index (χ1n) is 5.86. The van der Waals surface area contributed by atoms with Gasteiger partial charge in [0, 0.05) is 11.6 Å². The number of alkyl halides is 1. The van der Waals surface area contributed by atoms with Crippen molar-refractivity contribution >= 4 is 27.3 Å². The molecule has 0 aliphatic carbocycles. The zero-order chi connectivity index (χ0) is 14.8. The molecule has 0 unspecified atom stereocenters. The van der Waals surface area contributed by atoms with E-state index in [1.165, 1.54) is 12.1 Å². The van der Waals surface area contributed by atoms with Gasteiger partial charge >= 0.3 is 0 Å². The fraction of sp³-hybridized carbons (Fsp3) is 0.143. The van der Waals surface area contributed by atoms with E-state index in [0.717, 1.165) is 11.6 Å². The van der Waals surface area contributed by atoms with Crippen LogP contribution in [0.25, 0.3) is 0 Å². The summed E-state index contributed by atoms with van der Waals surface area (Å²) >= 11 is 5.71. The van der Waals surface area contributed by atoms with Gasteiger partial charge in [-0.15, -0.1) is 11.6 Å². The largest absolute Gasteiger partial charge is 0.280 e. The molecule has 0 radical (unpaired) electrons. The van der Waals surface area contributed by atoms with Crippen LogP contribution >= 0.6 is 11.6 Å². The number of nitrogens with one attached hydrogen (secondary N) is 1. The van der Waals surface area contributed by atoms with Gasteiger partial charge in [0.25, 0.3) is 10.0 Å². The maximum absolute atomic E-state index is 13.2. The minimum atomic E-state index is -3.82. The molecule has 2 rings (SSSR count). The van der Waals surface area contributed by atoms with Crippen molar-refractivity contribution < 1.29 is 12.8 Å². The van der Waals surface area contributed by atoms with Gasteiger partial charge in [0.1, 0.15) is 5.82 Å². The summed E-state index contributed by atoms with van der Waals surface area (Å²) < 4.78 is 40.2. The maximum atomic E-state index is 13.2. The lowest BCUT2D eigenvalue weighted by Gasteiger charge is -2.11. The highest BCUT2D eigenvalue weighted by Crippen LogP contribution is 2.21. The molecular formula is C14H13ClFNO2S. The molecule has 0 atom stereocenters. The van der Waals surface area contributed by atoms with E-state index in [9.17, 15) is 12.8 Å². The van der Waals surface area contributed by atoms with Crippen molar-refractivity contribution in [3.05, 3.63) is 59.4 Å². The molecule has 1 N–H and O–H groups in total. The van der Waals surface area contributed by atoms with Crippen LogP contribution in [0.15, 0.2) is 47.4 Å². The van der Waals surface area contributed by atoms with Crippen LogP contribution in [0, 0.1) is 12.7 Å². The minimum Gasteiger partial charge on any atom is -0.280 e. The van der Waals surface area contributed by atoms with Gasteiger partial charge in [-0.2, -0.15) is 0 Å². The maximum Gasteiger partial charge on any atom is 0.262 e. The van der Waals surface area contributed by atoms with E-state index >= 15 is 0 Å². The van der Waals surface area contributed by atoms with E-state index in [1.54, 1.807) is 31.2 Å². The third-order valence-corrected chi connectivity index (χ3v) is 4.61. The summed E-state index contributed by atoms with van der Waals surface area (Å²) in [6.45, 7) is 1.61. The molecule has 0 spiro atoms. The summed E-state index contributed by atoms with van der Waals surface area (Å²) in [4.78, 5) is -0.0752. The normalized spacial score (nSPS) is 11.3. The molecular weight excluding hydrogens is 301 g/mol. The zero-order valence-corrected chi connectivity index (χ0v) is 12.3. The quantitative estimate of drug-likeness (QED) is 0.875. The topological polar surface area (TPSA) is 46.2 Å². The van der Waals surface area contributed by atoms with Gasteiger partial charge in [0.2, 0.25) is 0 Å². The van der Waals surface area contributed by atoms with E-state index in [0.29, 0.717) is 11.3 Å². The Morgan fingerprint density at radius 2 is 1.95 bits per heavy atom. The van der Waals surface area contributed by atoms with Crippen LogP contribution in [0.1, 0.15) is 11.1 Å². The smallest absolute Gasteiger partial charge is 0.262 e. The third kappa shape index (κ3) is 3.29. The van der Waals surface area contributed by atoms with Gasteiger partial charge in [0.15, 0.2) is 0 Å². The molecule has 2 aromatic carbocycles. The number of sulfonamides is 1. The van der Waals surface area contributed by atoms with Crippen LogP contribution in [-0.2, 0) is 15.9 Å². The molecule has 0 aliphatic rings. The van der Waals surface area contributed by atoms with Crippen LogP contribution in [0.3, 0.4) is 0 Å². The average Bonchev–Trinajstić information content (AvgIpc) is 2.41. The number of halogens is 2. The van der Waals surface area contributed by atoms with Crippen molar-refractivity contribution in [3.63, 3.8) is 0 Å². The van der Waals surface area contributed by atoms with E-state index in [2.05, 4.69) is 4.72 Å². The molecule has 0 aromatic heterocycles. The number of benzene rings is 2. The molecule has 0 aliphatic heterocycles. The van der Waals surface area contributed by atoms with E-state index in [-0.39, 0.29) is 10.8 Å². The Labute approximate surface area is 122 Å². The number of hydrogen-bond donors (Lipinski definition) is 1. The molecule has 0 saturated heterocycles. The number of aryl methyl sites for hydroxylation is 1. The summed E-state index contributed by atoms with van der Waals surface area (Å²) in [5.41, 5.74) is 1.67. The summed E-state index contributed by atoms with van der Waals surface area (Å²) in [6.07, 6.45) is 0. The van der Waals surface area contributed by atoms with Crippen molar-refractivity contribution in [3.8, 4) is 0 Å². The second-order valence-corrected chi connectivity index (χ2v) is 6.27. The number of rotatable bonds is 4. The van der Waals surface area contributed by atoms with Gasteiger partial charge < -0.3 is 0 Å². The Morgan fingerprint density at radius 3 is 2.65 bits per heavy atom. The van der Waals surface area contributed by atoms with Crippen molar-refractivity contribution in [1.29, 1.82) is 0 Å². The predicted octanol–water partition coefficient (Wildman–Crippen LogP) is 3.67. The standard InChI is InChI=1S/C14H13ClFNO2S/c1-10-5-6-12(16)8-14(10)20(18,19)17-13-4-2-3-11(7-13)9-15/h2-8,17H,9H2,1H3. The average molecular weight is 314 g/mol. The summed E-state index contributed by atoms with van der Waals surface area (Å²) in [7, 11) is -3.82. The molecule has 2 aromatic rings. The monoisotopic (exact) mass is 313 g/mol. The minimum absolute atomic E-state index is 0.0752. The van der Waals surface area contributed by atoms with E-state index in [4.69, 9.17) is 11.6 Å². The first-order chi connectivity index (χ1) is 9.42. The van der Waals surface area contributed by atoms with Crippen LogP contribution in [0.4, 0.5) is 10.1 Å². The van der Waals surface area contributed by atoms with Crippen molar-refractivity contribution in [2.75, 3.05) is 4.72 Å². The molecule has 0 bridgehead atoms. The van der Waals surface area contributed by atoms with Gasteiger partial charge in [-0.1, -0.05) is 18.2 Å². The molecule has 0 amide bonds. The molecule has 106 valence electrons. The summed E-state index contributed by atoms with van der Waals surface area (Å²) in [6, 6.07) is 10.4. The summed E-state index contributed by atoms with van der Waals surface area (Å²) in [5.74, 6) is -0.306. The van der Waals surface area contributed by atoms with E-state index in [1.807, 2.05) is 0 Å². The van der Waals surface area contributed by atoms with Gasteiger partial charge in [-0.3, -0.25) is 4.72 Å². The predicted molar refractivity (Wildman–Crippen MR) is 77.9 cm³/mol. The second kappa shape index (κ2) is 5.81. The summed E-state index contributed by atoms with van der Waals surface area (Å²) in [5, 5.41) is 0. The molecule has 0 fully saturated rings. The zero-order valence-electron chi connectivity index (χ0n) is 10.7. The Kier molecular flexibility index (Phi) is 4.30. The van der Waals surface area contributed by atoms with Crippen LogP contribution in [0.5, 0.6) is 0 Å². The van der Waals surface area contributed by atoms with Gasteiger partial charge in [-0.05, 0) is 42.3 Å². The highest BCUT2D eigenvalue weighted by molar-refractivity contribution is 7.92. The van der Waals surface area contributed by atoms with Gasteiger partial charge in [0.05, 0.1) is 4.90 Å². The van der Waals surface area contributed by atoms with Crippen molar-refractivity contribution in [2.24, 2.45) is 0 Å². The molecule has 0 saturated carbocycles. The van der Waals surface area contributed by atoms with E-state index < -0.39 is 15.8 Å². The highest BCUT2D eigenvalue weighted by Gasteiger charge is 2.17. The molecule has 3 nitrogen and oxygen atoms in total. The first-order valence-corrected chi connectivity index (χ1v) is 7.88. The van der Waals surface area contributed by atoms with Crippen molar-refractivity contribution in [1.82, 2.24) is 0 Å². The SMILES string of the molecule is Cc1ccc(F)cc1S(=O)(=O)Nc1cccc(CCl)c1. The van der Waals surface area contributed by atoms with Crippen molar-refractivity contribution in [2.45, 2.75) is 17.7 Å². The van der Waals surface area contributed by atoms with Crippen LogP contribution in [-0.4, -0.2) is 8.42 Å². The van der Waals surface area contributed by atoms with Crippen LogP contribution in [0.2, 0.25) is 0 Å². The fourth-order valence-electron chi connectivity index (χ4n) is 1.79. The highest BCUT2D eigenvalue weighted by atomic mass is 35.5. The second-order valence-electron chi connectivity index (χ2n) is 4.35. The molecule has 20 heavy (non-hydrogen) atoms. The Bertz CT molecular complexity index is 732. The Hall–Kier alpha value is -1.59. The lowest BCUT2D eigenvalue weighted by Crippen LogP contribution is -2.14. The number of hydrogen-bond acceptors (Lipinski definition) is 2. The first kappa shape index (κ1) is 14.8. The Balaban J connectivity index is 2.38. The molecule has 6 heteroatoms.